The molecule has 58 heavy (non-hydrogen) atoms. The van der Waals surface area contributed by atoms with Crippen molar-refractivity contribution in [2.24, 2.45) is 0 Å². The van der Waals surface area contributed by atoms with Gasteiger partial charge < -0.3 is 39.1 Å². The van der Waals surface area contributed by atoms with Crippen LogP contribution in [0.1, 0.15) is 64.5 Å². The van der Waals surface area contributed by atoms with Gasteiger partial charge in [0.25, 0.3) is 0 Å². The van der Waals surface area contributed by atoms with E-state index in [-0.39, 0.29) is 35.8 Å². The zero-order valence-electron chi connectivity index (χ0n) is 31.3. The average Bonchev–Trinajstić information content (AvgIpc) is 3.89. The van der Waals surface area contributed by atoms with E-state index in [1.807, 2.05) is 64.1 Å². The lowest BCUT2D eigenvalue weighted by atomic mass is 9.79. The number of rotatable bonds is 7. The van der Waals surface area contributed by atoms with Gasteiger partial charge in [0.2, 0.25) is 0 Å². The van der Waals surface area contributed by atoms with Gasteiger partial charge in [0.1, 0.15) is 0 Å². The standard InChI is InChI=1S/C22H28BF3N2O3S.C16H16BrF3N2OS.2CH4/c1-20(2)21(3,4)31-23(30-20)15-5-7-16(8-6-15)27-11-13-28(14-12-27)18-10-9-17(32-18)19(29)22(24,25)26;17-11-1-3-12(4-2-11)21-7-9-22(10-8-21)14-6-5-13(24-14)15(23)16(18,19)20;;/h5-10,19,29H,11-14H2,1-4H3;1-6,15,23H,7-10H2;2*1H4. The maximum absolute atomic E-state index is 12.7. The van der Waals surface area contributed by atoms with Gasteiger partial charge in [-0.05, 0) is 93.8 Å². The van der Waals surface area contributed by atoms with Gasteiger partial charge in [-0.15, -0.1) is 22.7 Å². The van der Waals surface area contributed by atoms with E-state index in [0.29, 0.717) is 13.1 Å². The molecule has 2 N–H and O–H groups in total. The lowest BCUT2D eigenvalue weighted by molar-refractivity contribution is -0.206. The Balaban J connectivity index is 0.000000258. The minimum absolute atomic E-state index is 0. The molecule has 4 aromatic rings. The van der Waals surface area contributed by atoms with Gasteiger partial charge in [-0.25, -0.2) is 0 Å². The van der Waals surface area contributed by atoms with E-state index in [2.05, 4.69) is 47.7 Å². The van der Waals surface area contributed by atoms with E-state index < -0.39 is 31.7 Å². The van der Waals surface area contributed by atoms with Crippen molar-refractivity contribution in [3.8, 4) is 0 Å². The summed E-state index contributed by atoms with van der Waals surface area (Å²) in [6.45, 7) is 14.1. The van der Waals surface area contributed by atoms with Crippen molar-refractivity contribution in [1.82, 2.24) is 0 Å². The maximum atomic E-state index is 12.7. The molecule has 320 valence electrons. The van der Waals surface area contributed by atoms with E-state index in [4.69, 9.17) is 9.31 Å². The summed E-state index contributed by atoms with van der Waals surface area (Å²) in [5, 5.41) is 20.3. The van der Waals surface area contributed by atoms with Gasteiger partial charge in [-0.2, -0.15) is 26.3 Å². The Bertz CT molecular complexity index is 1880. The Morgan fingerprint density at radius 1 is 0.569 bits per heavy atom. The average molecular weight is 922 g/mol. The number of thiophene rings is 2. The molecule has 0 amide bonds. The van der Waals surface area contributed by atoms with Crippen LogP contribution in [-0.4, -0.2) is 93.2 Å². The van der Waals surface area contributed by atoms with Crippen molar-refractivity contribution in [1.29, 1.82) is 0 Å². The molecule has 3 saturated heterocycles. The fraction of sp³-hybridized carbons (Fsp3) is 0.500. The quantitative estimate of drug-likeness (QED) is 0.140. The van der Waals surface area contributed by atoms with Gasteiger partial charge in [0, 0.05) is 78.0 Å². The molecule has 0 bridgehead atoms. The molecule has 3 aliphatic heterocycles. The number of piperazine rings is 2. The third-order valence-corrected chi connectivity index (χ3v) is 13.5. The summed E-state index contributed by atoms with van der Waals surface area (Å²) in [6.07, 6.45) is -14.1. The van der Waals surface area contributed by atoms with Crippen LogP contribution in [0.3, 0.4) is 0 Å². The zero-order chi connectivity index (χ0) is 40.6. The first-order valence-electron chi connectivity index (χ1n) is 18.1. The Morgan fingerprint density at radius 2 is 0.897 bits per heavy atom. The van der Waals surface area contributed by atoms with Crippen molar-refractivity contribution in [3.05, 3.63) is 87.0 Å². The number of nitrogens with zero attached hydrogens (tertiary/aromatic N) is 4. The SMILES string of the molecule is C.C.CC1(C)OB(c2ccc(N3CCN(c4ccc(C(O)C(F)(F)F)s4)CC3)cc2)OC1(C)C.OC(c1ccc(N2CCN(c3ccc(Br)cc3)CC2)s1)C(F)(F)F. The van der Waals surface area contributed by atoms with Crippen LogP contribution < -0.4 is 25.1 Å². The molecular formula is C40H52BBrF6N4O4S2. The van der Waals surface area contributed by atoms with E-state index >= 15 is 0 Å². The number of aliphatic hydroxyl groups excluding tert-OH is 2. The van der Waals surface area contributed by atoms with Gasteiger partial charge in [0.15, 0.2) is 12.2 Å². The lowest BCUT2D eigenvalue weighted by Crippen LogP contribution is -2.46. The summed E-state index contributed by atoms with van der Waals surface area (Å²) in [7, 11) is -0.397. The van der Waals surface area contributed by atoms with Crippen LogP contribution in [0.2, 0.25) is 0 Å². The molecule has 0 saturated carbocycles. The summed E-state index contributed by atoms with van der Waals surface area (Å²) < 4.78 is 89.3. The second-order valence-electron chi connectivity index (χ2n) is 14.8. The van der Waals surface area contributed by atoms with Gasteiger partial charge in [0.05, 0.1) is 21.2 Å². The number of alkyl halides is 6. The largest absolute Gasteiger partial charge is 0.494 e. The Morgan fingerprint density at radius 3 is 1.24 bits per heavy atom. The Hall–Kier alpha value is -3.00. The number of halogens is 7. The first-order valence-corrected chi connectivity index (χ1v) is 20.5. The molecule has 2 atom stereocenters. The molecule has 18 heteroatoms. The topological polar surface area (TPSA) is 71.9 Å². The van der Waals surface area contributed by atoms with Crippen LogP contribution in [-0.2, 0) is 9.31 Å². The molecule has 2 aromatic heterocycles. The van der Waals surface area contributed by atoms with Crippen LogP contribution in [0, 0.1) is 0 Å². The predicted molar refractivity (Wildman–Crippen MR) is 229 cm³/mol. The second kappa shape index (κ2) is 18.7. The van der Waals surface area contributed by atoms with E-state index in [9.17, 15) is 36.6 Å². The van der Waals surface area contributed by atoms with Crippen molar-refractivity contribution < 1.29 is 45.9 Å². The van der Waals surface area contributed by atoms with E-state index in [0.717, 1.165) is 93.3 Å². The number of benzene rings is 2. The zero-order valence-corrected chi connectivity index (χ0v) is 34.5. The van der Waals surface area contributed by atoms with Crippen molar-refractivity contribution in [2.45, 2.75) is 78.3 Å². The predicted octanol–water partition coefficient (Wildman–Crippen LogP) is 9.67. The molecular weight excluding hydrogens is 869 g/mol. The summed E-state index contributed by atoms with van der Waals surface area (Å²) in [6, 6.07) is 22.3. The van der Waals surface area contributed by atoms with Gasteiger partial charge in [-0.1, -0.05) is 42.9 Å². The Kier molecular flexibility index (Phi) is 15.4. The summed E-state index contributed by atoms with van der Waals surface area (Å²) in [5.74, 6) is 0. The first-order chi connectivity index (χ1) is 26.2. The smallest absolute Gasteiger partial charge is 0.399 e. The van der Waals surface area contributed by atoms with Crippen LogP contribution in [0.15, 0.2) is 77.3 Å². The molecule has 7 rings (SSSR count). The van der Waals surface area contributed by atoms with Crippen molar-refractivity contribution >= 4 is 72.6 Å². The van der Waals surface area contributed by atoms with E-state index in [1.54, 1.807) is 12.1 Å². The fourth-order valence-electron chi connectivity index (χ4n) is 6.48. The summed E-state index contributed by atoms with van der Waals surface area (Å²) in [4.78, 5) is 8.49. The summed E-state index contributed by atoms with van der Waals surface area (Å²) >= 11 is 5.41. The van der Waals surface area contributed by atoms with Crippen molar-refractivity contribution in [2.75, 3.05) is 72.0 Å². The second-order valence-corrected chi connectivity index (χ2v) is 17.9. The molecule has 0 spiro atoms. The number of hydrogen-bond acceptors (Lipinski definition) is 10. The highest BCUT2D eigenvalue weighted by atomic mass is 79.9. The van der Waals surface area contributed by atoms with E-state index in [1.165, 1.54) is 12.1 Å². The molecule has 2 unspecified atom stereocenters. The Labute approximate surface area is 354 Å². The first kappa shape index (κ1) is 47.7. The highest BCUT2D eigenvalue weighted by molar-refractivity contribution is 9.10. The molecule has 0 aliphatic carbocycles. The van der Waals surface area contributed by atoms with Crippen LogP contribution >= 0.6 is 38.6 Å². The van der Waals surface area contributed by atoms with Gasteiger partial charge in [-0.3, -0.25) is 0 Å². The molecule has 0 radical (unpaired) electrons. The molecule has 8 nitrogen and oxygen atoms in total. The van der Waals surface area contributed by atoms with Crippen LogP contribution in [0.5, 0.6) is 0 Å². The number of anilines is 4. The van der Waals surface area contributed by atoms with Gasteiger partial charge >= 0.3 is 19.5 Å². The third-order valence-electron chi connectivity index (χ3n) is 10.5. The normalized spacial score (nSPS) is 19.2. The molecule has 3 fully saturated rings. The third kappa shape index (κ3) is 11.0. The lowest BCUT2D eigenvalue weighted by Gasteiger charge is -2.36. The molecule has 3 aliphatic rings. The summed E-state index contributed by atoms with van der Waals surface area (Å²) in [5.41, 5.74) is 2.43. The highest BCUT2D eigenvalue weighted by Gasteiger charge is 2.51. The van der Waals surface area contributed by atoms with Crippen molar-refractivity contribution in [3.63, 3.8) is 0 Å². The fourth-order valence-corrected chi connectivity index (χ4v) is 8.89. The van der Waals surface area contributed by atoms with Crippen LogP contribution in [0.4, 0.5) is 47.7 Å². The monoisotopic (exact) mass is 920 g/mol. The minimum Gasteiger partial charge on any atom is -0.399 e. The molecule has 5 heterocycles. The highest BCUT2D eigenvalue weighted by Crippen LogP contribution is 2.41. The minimum atomic E-state index is -4.65. The number of aliphatic hydroxyl groups is 2. The maximum Gasteiger partial charge on any atom is 0.494 e. The number of hydrogen-bond donors (Lipinski definition) is 2. The van der Waals surface area contributed by atoms with Crippen LogP contribution in [0.25, 0.3) is 0 Å². The molecule has 2 aromatic carbocycles.